The average molecular weight is 374 g/mol. The minimum Gasteiger partial charge on any atom is -0.383 e. The second kappa shape index (κ2) is 7.38. The molecule has 0 saturated heterocycles. The molecule has 8 heteroatoms. The molecule has 1 amide bonds. The number of benzene rings is 1. The van der Waals surface area contributed by atoms with E-state index in [-0.39, 0.29) is 29.1 Å². The normalized spacial score (nSPS) is 18.3. The number of aromatic nitrogens is 2. The molecule has 0 radical (unpaired) electrons. The van der Waals surface area contributed by atoms with Crippen LogP contribution in [0.25, 0.3) is 0 Å². The second-order valence-electron chi connectivity index (χ2n) is 6.87. The predicted molar refractivity (Wildman–Crippen MR) is 101 cm³/mol. The highest BCUT2D eigenvalue weighted by Gasteiger charge is 2.47. The Morgan fingerprint density at radius 3 is 2.74 bits per heavy atom. The Morgan fingerprint density at radius 1 is 1.37 bits per heavy atom. The third-order valence-electron chi connectivity index (χ3n) is 5.03. The predicted octanol–water partition coefficient (Wildman–Crippen LogP) is 1.82. The standard InChI is InChI=1S/C19H23FN4O3/c1-3-4-9-24-16(21)15(17(25)22-19(24)27)23(2)18(26)13-10-12(13)11-7-5-6-8-14(11)20/h5-8,12-13H,3-4,9-10,21H2,1-2H3,(H,22,25,27). The molecule has 2 atom stereocenters. The molecule has 1 aliphatic rings. The summed E-state index contributed by atoms with van der Waals surface area (Å²) in [4.78, 5) is 40.5. The molecule has 144 valence electrons. The van der Waals surface area contributed by atoms with Crippen molar-refractivity contribution in [3.8, 4) is 0 Å². The summed E-state index contributed by atoms with van der Waals surface area (Å²) < 4.78 is 15.2. The fourth-order valence-corrected chi connectivity index (χ4v) is 3.39. The highest BCUT2D eigenvalue weighted by atomic mass is 19.1. The lowest BCUT2D eigenvalue weighted by atomic mass is 10.1. The van der Waals surface area contributed by atoms with E-state index in [2.05, 4.69) is 4.98 Å². The van der Waals surface area contributed by atoms with Crippen molar-refractivity contribution in [2.75, 3.05) is 17.7 Å². The third kappa shape index (κ3) is 3.51. The minimum absolute atomic E-state index is 0.0314. The molecule has 1 aromatic heterocycles. The van der Waals surface area contributed by atoms with Crippen molar-refractivity contribution in [2.24, 2.45) is 5.92 Å². The Labute approximate surface area is 155 Å². The van der Waals surface area contributed by atoms with Gasteiger partial charge in [-0.3, -0.25) is 19.1 Å². The van der Waals surface area contributed by atoms with Crippen molar-refractivity contribution >= 4 is 17.4 Å². The number of anilines is 2. The molecule has 3 rings (SSSR count). The van der Waals surface area contributed by atoms with Crippen molar-refractivity contribution in [1.82, 2.24) is 9.55 Å². The van der Waals surface area contributed by atoms with E-state index in [0.29, 0.717) is 24.9 Å². The summed E-state index contributed by atoms with van der Waals surface area (Å²) in [6, 6.07) is 6.36. The molecule has 0 spiro atoms. The molecule has 1 aliphatic carbocycles. The van der Waals surface area contributed by atoms with Crippen LogP contribution >= 0.6 is 0 Å². The zero-order valence-electron chi connectivity index (χ0n) is 15.4. The number of carbonyl (C=O) groups excluding carboxylic acids is 1. The number of nitrogens with zero attached hydrogens (tertiary/aromatic N) is 2. The molecule has 3 N–H and O–H groups in total. The average Bonchev–Trinajstić information content (AvgIpc) is 3.41. The Morgan fingerprint density at radius 2 is 2.07 bits per heavy atom. The fourth-order valence-electron chi connectivity index (χ4n) is 3.39. The number of hydrogen-bond acceptors (Lipinski definition) is 4. The van der Waals surface area contributed by atoms with Crippen LogP contribution in [0.15, 0.2) is 33.9 Å². The molecular formula is C19H23FN4O3. The molecule has 7 nitrogen and oxygen atoms in total. The number of aromatic amines is 1. The van der Waals surface area contributed by atoms with Gasteiger partial charge in [-0.1, -0.05) is 31.5 Å². The summed E-state index contributed by atoms with van der Waals surface area (Å²) in [7, 11) is 1.45. The highest BCUT2D eigenvalue weighted by Crippen LogP contribution is 2.49. The van der Waals surface area contributed by atoms with Crippen LogP contribution < -0.4 is 21.9 Å². The number of H-pyrrole nitrogens is 1. The molecule has 0 bridgehead atoms. The van der Waals surface area contributed by atoms with E-state index < -0.39 is 17.2 Å². The van der Waals surface area contributed by atoms with Gasteiger partial charge in [0, 0.05) is 19.5 Å². The van der Waals surface area contributed by atoms with E-state index in [9.17, 15) is 18.8 Å². The first-order valence-corrected chi connectivity index (χ1v) is 9.01. The maximum absolute atomic E-state index is 13.9. The zero-order valence-corrected chi connectivity index (χ0v) is 15.4. The molecule has 1 saturated carbocycles. The number of nitrogens with two attached hydrogens (primary N) is 1. The van der Waals surface area contributed by atoms with Crippen LogP contribution in [0.4, 0.5) is 15.9 Å². The lowest BCUT2D eigenvalue weighted by Crippen LogP contribution is -2.40. The van der Waals surface area contributed by atoms with Crippen molar-refractivity contribution in [2.45, 2.75) is 38.6 Å². The van der Waals surface area contributed by atoms with Gasteiger partial charge in [0.15, 0.2) is 5.69 Å². The topological polar surface area (TPSA) is 101 Å². The Kier molecular flexibility index (Phi) is 5.16. The quantitative estimate of drug-likeness (QED) is 0.805. The van der Waals surface area contributed by atoms with Gasteiger partial charge in [-0.05, 0) is 30.4 Å². The van der Waals surface area contributed by atoms with E-state index >= 15 is 0 Å². The number of rotatable bonds is 6. The fraction of sp³-hybridized carbons (Fsp3) is 0.421. The highest BCUT2D eigenvalue weighted by molar-refractivity contribution is 5.98. The van der Waals surface area contributed by atoms with Gasteiger partial charge in [0.25, 0.3) is 5.56 Å². The van der Waals surface area contributed by atoms with Gasteiger partial charge in [0.1, 0.15) is 11.6 Å². The lowest BCUT2D eigenvalue weighted by molar-refractivity contribution is -0.119. The minimum atomic E-state index is -0.704. The number of unbranched alkanes of at least 4 members (excludes halogenated alkanes) is 1. The largest absolute Gasteiger partial charge is 0.383 e. The van der Waals surface area contributed by atoms with Gasteiger partial charge in [-0.2, -0.15) is 0 Å². The summed E-state index contributed by atoms with van der Waals surface area (Å²) in [5, 5.41) is 0. The van der Waals surface area contributed by atoms with Gasteiger partial charge in [-0.15, -0.1) is 0 Å². The summed E-state index contributed by atoms with van der Waals surface area (Å²) in [6.07, 6.45) is 2.07. The first kappa shape index (κ1) is 18.9. The Hall–Kier alpha value is -2.90. The van der Waals surface area contributed by atoms with Crippen LogP contribution in [0.1, 0.15) is 37.7 Å². The smallest absolute Gasteiger partial charge is 0.330 e. The van der Waals surface area contributed by atoms with Crippen LogP contribution in [-0.2, 0) is 11.3 Å². The van der Waals surface area contributed by atoms with Crippen molar-refractivity contribution in [3.63, 3.8) is 0 Å². The maximum atomic E-state index is 13.9. The monoisotopic (exact) mass is 374 g/mol. The molecule has 1 heterocycles. The van der Waals surface area contributed by atoms with Gasteiger partial charge < -0.3 is 10.6 Å². The first-order chi connectivity index (χ1) is 12.9. The maximum Gasteiger partial charge on any atom is 0.330 e. The van der Waals surface area contributed by atoms with Crippen LogP contribution in [0.3, 0.4) is 0 Å². The molecule has 1 fully saturated rings. The lowest BCUT2D eigenvalue weighted by Gasteiger charge is -2.20. The van der Waals surface area contributed by atoms with E-state index in [1.165, 1.54) is 22.6 Å². The molecular weight excluding hydrogens is 351 g/mol. The molecule has 27 heavy (non-hydrogen) atoms. The molecule has 2 aromatic rings. The Bertz CT molecular complexity index is 982. The van der Waals surface area contributed by atoms with Crippen molar-refractivity contribution in [1.29, 1.82) is 0 Å². The summed E-state index contributed by atoms with van der Waals surface area (Å²) >= 11 is 0. The van der Waals surface area contributed by atoms with E-state index in [1.54, 1.807) is 18.2 Å². The third-order valence-corrected chi connectivity index (χ3v) is 5.03. The number of halogens is 1. The second-order valence-corrected chi connectivity index (χ2v) is 6.87. The molecule has 2 unspecified atom stereocenters. The van der Waals surface area contributed by atoms with Crippen LogP contribution in [-0.4, -0.2) is 22.5 Å². The van der Waals surface area contributed by atoms with Gasteiger partial charge in [0.2, 0.25) is 5.91 Å². The van der Waals surface area contributed by atoms with E-state index in [1.807, 2.05) is 6.92 Å². The van der Waals surface area contributed by atoms with E-state index in [4.69, 9.17) is 5.73 Å². The van der Waals surface area contributed by atoms with Gasteiger partial charge >= 0.3 is 5.69 Å². The SMILES string of the molecule is CCCCn1c(N)c(N(C)C(=O)C2CC2c2ccccc2F)c(=O)[nH]c1=O. The van der Waals surface area contributed by atoms with Crippen LogP contribution in [0, 0.1) is 11.7 Å². The first-order valence-electron chi connectivity index (χ1n) is 9.01. The van der Waals surface area contributed by atoms with E-state index in [0.717, 1.165) is 6.42 Å². The number of nitrogen functional groups attached to an aromatic ring is 1. The summed E-state index contributed by atoms with van der Waals surface area (Å²) in [5.41, 5.74) is 5.20. The Balaban J connectivity index is 1.87. The molecule has 1 aromatic carbocycles. The number of nitrogens with one attached hydrogen (secondary N) is 1. The zero-order chi connectivity index (χ0) is 19.7. The summed E-state index contributed by atoms with van der Waals surface area (Å²) in [5.74, 6) is -1.32. The van der Waals surface area contributed by atoms with Crippen molar-refractivity contribution in [3.05, 3.63) is 56.5 Å². The molecule has 0 aliphatic heterocycles. The van der Waals surface area contributed by atoms with Gasteiger partial charge in [-0.25, -0.2) is 9.18 Å². The van der Waals surface area contributed by atoms with Crippen LogP contribution in [0.5, 0.6) is 0 Å². The number of amides is 1. The van der Waals surface area contributed by atoms with Crippen LogP contribution in [0.2, 0.25) is 0 Å². The number of hydrogen-bond donors (Lipinski definition) is 2. The van der Waals surface area contributed by atoms with Gasteiger partial charge in [0.05, 0.1) is 0 Å². The summed E-state index contributed by atoms with van der Waals surface area (Å²) in [6.45, 7) is 2.33. The number of carbonyl (C=O) groups is 1. The van der Waals surface area contributed by atoms with Crippen molar-refractivity contribution < 1.29 is 9.18 Å².